The Hall–Kier alpha value is -4.38. The smallest absolute Gasteiger partial charge is 0.164 e. The molecule has 5 heteroatoms. The van der Waals surface area contributed by atoms with E-state index in [0.717, 1.165) is 38.2 Å². The number of thiophene rings is 1. The minimum atomic E-state index is 0.660. The number of hydrogen-bond acceptors (Lipinski definition) is 4. The summed E-state index contributed by atoms with van der Waals surface area (Å²) in [5.41, 5.74) is 5.19. The van der Waals surface area contributed by atoms with Crippen molar-refractivity contribution >= 4 is 43.1 Å². The van der Waals surface area contributed by atoms with Crippen molar-refractivity contribution in [1.82, 2.24) is 15.0 Å². The van der Waals surface area contributed by atoms with Crippen molar-refractivity contribution in [3.8, 4) is 45.3 Å². The molecule has 0 aliphatic carbocycles. The van der Waals surface area contributed by atoms with Gasteiger partial charge < -0.3 is 0 Å². The summed E-state index contributed by atoms with van der Waals surface area (Å²) in [7, 11) is 0. The van der Waals surface area contributed by atoms with Crippen LogP contribution in [0.1, 0.15) is 0 Å². The molecular formula is C33H20ClN3S. The molecule has 38 heavy (non-hydrogen) atoms. The maximum absolute atomic E-state index is 6.14. The lowest BCUT2D eigenvalue weighted by atomic mass is 10.0. The number of halogens is 1. The van der Waals surface area contributed by atoms with Crippen LogP contribution in [0.15, 0.2) is 121 Å². The largest absolute Gasteiger partial charge is 0.208 e. The van der Waals surface area contributed by atoms with Crippen molar-refractivity contribution in [3.63, 3.8) is 0 Å². The van der Waals surface area contributed by atoms with Crippen molar-refractivity contribution in [2.45, 2.75) is 0 Å². The van der Waals surface area contributed by atoms with Crippen LogP contribution in [0.2, 0.25) is 5.02 Å². The summed E-state index contributed by atoms with van der Waals surface area (Å²) in [6.45, 7) is 0. The third kappa shape index (κ3) is 4.14. The Morgan fingerprint density at radius 3 is 1.74 bits per heavy atom. The Kier molecular flexibility index (Phi) is 5.69. The van der Waals surface area contributed by atoms with E-state index in [0.29, 0.717) is 17.5 Å². The van der Waals surface area contributed by atoms with Gasteiger partial charge >= 0.3 is 0 Å². The van der Waals surface area contributed by atoms with E-state index in [4.69, 9.17) is 26.6 Å². The number of rotatable bonds is 4. The third-order valence-electron chi connectivity index (χ3n) is 6.61. The molecule has 0 bridgehead atoms. The molecule has 7 aromatic rings. The van der Waals surface area contributed by atoms with Gasteiger partial charge in [0, 0.05) is 41.9 Å². The zero-order chi connectivity index (χ0) is 25.5. The molecule has 0 fully saturated rings. The Morgan fingerprint density at radius 1 is 0.474 bits per heavy atom. The van der Waals surface area contributed by atoms with Gasteiger partial charge in [0.05, 0.1) is 0 Å². The fraction of sp³-hybridized carbons (Fsp3) is 0. The minimum absolute atomic E-state index is 0.660. The predicted octanol–water partition coefficient (Wildman–Crippen LogP) is 9.56. The van der Waals surface area contributed by atoms with E-state index in [1.54, 1.807) is 11.3 Å². The van der Waals surface area contributed by atoms with Crippen LogP contribution in [-0.4, -0.2) is 15.0 Å². The molecule has 0 amide bonds. The molecule has 2 aromatic heterocycles. The number of hydrogen-bond donors (Lipinski definition) is 0. The van der Waals surface area contributed by atoms with E-state index in [-0.39, 0.29) is 0 Å². The highest BCUT2D eigenvalue weighted by molar-refractivity contribution is 7.25. The average molecular weight is 526 g/mol. The highest BCUT2D eigenvalue weighted by atomic mass is 35.5. The summed E-state index contributed by atoms with van der Waals surface area (Å²) < 4.78 is 2.43. The van der Waals surface area contributed by atoms with Gasteiger partial charge in [0.2, 0.25) is 0 Å². The Labute approximate surface area is 229 Å². The van der Waals surface area contributed by atoms with E-state index in [1.165, 1.54) is 14.8 Å². The lowest BCUT2D eigenvalue weighted by Gasteiger charge is -2.10. The van der Waals surface area contributed by atoms with Crippen LogP contribution in [0.3, 0.4) is 0 Å². The van der Waals surface area contributed by atoms with Crippen LogP contribution in [0.25, 0.3) is 65.5 Å². The first-order valence-electron chi connectivity index (χ1n) is 12.3. The fourth-order valence-electron chi connectivity index (χ4n) is 4.76. The van der Waals surface area contributed by atoms with E-state index < -0.39 is 0 Å². The van der Waals surface area contributed by atoms with Crippen molar-refractivity contribution in [1.29, 1.82) is 0 Å². The summed E-state index contributed by atoms with van der Waals surface area (Å²) in [5.74, 6) is 1.99. The lowest BCUT2D eigenvalue weighted by Crippen LogP contribution is -2.00. The highest BCUT2D eigenvalue weighted by Gasteiger charge is 2.17. The molecule has 0 radical (unpaired) electrons. The van der Waals surface area contributed by atoms with Crippen molar-refractivity contribution < 1.29 is 0 Å². The molecule has 3 nitrogen and oxygen atoms in total. The van der Waals surface area contributed by atoms with Gasteiger partial charge in [-0.1, -0.05) is 103 Å². The van der Waals surface area contributed by atoms with Gasteiger partial charge in [-0.3, -0.25) is 0 Å². The zero-order valence-electron chi connectivity index (χ0n) is 20.2. The molecule has 7 rings (SSSR count). The summed E-state index contributed by atoms with van der Waals surface area (Å²) in [6, 6.07) is 41.1. The molecule has 5 aromatic carbocycles. The number of aromatic nitrogens is 3. The van der Waals surface area contributed by atoms with Crippen LogP contribution in [0.4, 0.5) is 0 Å². The van der Waals surface area contributed by atoms with Crippen molar-refractivity contribution in [2.24, 2.45) is 0 Å². The Morgan fingerprint density at radius 2 is 1.08 bits per heavy atom. The van der Waals surface area contributed by atoms with Gasteiger partial charge in [-0.05, 0) is 41.5 Å². The zero-order valence-corrected chi connectivity index (χ0v) is 21.7. The Bertz CT molecular complexity index is 1860. The summed E-state index contributed by atoms with van der Waals surface area (Å²) >= 11 is 7.93. The molecule has 0 spiro atoms. The standard InChI is InChI=1S/C33H20ClN3S/c34-25-17-14-21(15-18-25)24-16-19-28-27(20-24)30-26(12-7-13-29(30)38-28)33-36-31(22-8-3-1-4-9-22)35-32(37-33)23-10-5-2-6-11-23/h1-20H. The monoisotopic (exact) mass is 525 g/mol. The lowest BCUT2D eigenvalue weighted by molar-refractivity contribution is 1.08. The van der Waals surface area contributed by atoms with Crippen molar-refractivity contribution in [3.05, 3.63) is 126 Å². The second kappa shape index (κ2) is 9.49. The number of nitrogens with zero attached hydrogens (tertiary/aromatic N) is 3. The van der Waals surface area contributed by atoms with Gasteiger partial charge in [-0.25, -0.2) is 15.0 Å². The molecule has 0 saturated heterocycles. The molecule has 0 aliphatic rings. The van der Waals surface area contributed by atoms with Crippen LogP contribution in [0.5, 0.6) is 0 Å². The Balaban J connectivity index is 1.48. The molecule has 0 unspecified atom stereocenters. The molecule has 0 N–H and O–H groups in total. The van der Waals surface area contributed by atoms with Crippen LogP contribution < -0.4 is 0 Å². The van der Waals surface area contributed by atoms with E-state index in [1.807, 2.05) is 72.8 Å². The molecule has 2 heterocycles. The first-order valence-corrected chi connectivity index (χ1v) is 13.5. The normalized spacial score (nSPS) is 11.3. The van der Waals surface area contributed by atoms with Crippen LogP contribution in [0, 0.1) is 0 Å². The van der Waals surface area contributed by atoms with Crippen LogP contribution in [-0.2, 0) is 0 Å². The molecule has 0 saturated carbocycles. The third-order valence-corrected chi connectivity index (χ3v) is 8.00. The molecular weight excluding hydrogens is 506 g/mol. The minimum Gasteiger partial charge on any atom is -0.208 e. The van der Waals surface area contributed by atoms with Gasteiger partial charge in [-0.2, -0.15) is 0 Å². The number of fused-ring (bicyclic) bond motifs is 3. The second-order valence-corrected chi connectivity index (χ2v) is 10.6. The van der Waals surface area contributed by atoms with Crippen LogP contribution >= 0.6 is 22.9 Å². The molecule has 0 aliphatic heterocycles. The first kappa shape index (κ1) is 22.8. The van der Waals surface area contributed by atoms with E-state index in [9.17, 15) is 0 Å². The average Bonchev–Trinajstić information content (AvgIpc) is 3.36. The summed E-state index contributed by atoms with van der Waals surface area (Å²) in [6.07, 6.45) is 0. The highest BCUT2D eigenvalue weighted by Crippen LogP contribution is 2.41. The number of benzene rings is 5. The van der Waals surface area contributed by atoms with Gasteiger partial charge in [0.15, 0.2) is 17.5 Å². The first-order chi connectivity index (χ1) is 18.7. The fourth-order valence-corrected chi connectivity index (χ4v) is 6.00. The summed E-state index contributed by atoms with van der Waals surface area (Å²) in [5, 5.41) is 3.08. The maximum atomic E-state index is 6.14. The maximum Gasteiger partial charge on any atom is 0.164 e. The van der Waals surface area contributed by atoms with E-state index >= 15 is 0 Å². The quantitative estimate of drug-likeness (QED) is 0.229. The molecule has 180 valence electrons. The molecule has 0 atom stereocenters. The van der Waals surface area contributed by atoms with Gasteiger partial charge in [0.1, 0.15) is 0 Å². The van der Waals surface area contributed by atoms with E-state index in [2.05, 4.69) is 48.5 Å². The summed E-state index contributed by atoms with van der Waals surface area (Å²) in [4.78, 5) is 14.8. The predicted molar refractivity (Wildman–Crippen MR) is 159 cm³/mol. The van der Waals surface area contributed by atoms with Gasteiger partial charge in [-0.15, -0.1) is 11.3 Å². The van der Waals surface area contributed by atoms with Gasteiger partial charge in [0.25, 0.3) is 0 Å². The van der Waals surface area contributed by atoms with Crippen molar-refractivity contribution in [2.75, 3.05) is 0 Å². The topological polar surface area (TPSA) is 38.7 Å². The SMILES string of the molecule is Clc1ccc(-c2ccc3sc4cccc(-c5nc(-c6ccccc6)nc(-c6ccccc6)n5)c4c3c2)cc1. The second-order valence-electron chi connectivity index (χ2n) is 9.04.